The SMILES string of the molecule is C[Si](C)(C)c1cc(P(c2cc([Si](C)(C)C)cc([Si](C)(C)C)c2)c2ccc3c(c2-c2c(P(c4cc([Si](C)(C)C)cc([Si](C)(C)C)c4)c4cc([Si](C)(C)C)cc([Si](C)(C)C)c4)ccc4c2OCCO4)OCCO3)cc([Si](C)(C)C)c1. The monoisotopic (exact) mass is 1210 g/mol. The molecule has 78 heavy (non-hydrogen) atoms. The van der Waals surface area contributed by atoms with E-state index < -0.39 is 80.4 Å². The van der Waals surface area contributed by atoms with E-state index in [1.54, 1.807) is 0 Å². The summed E-state index contributed by atoms with van der Waals surface area (Å²) < 4.78 is 28.0. The zero-order chi connectivity index (χ0) is 57.7. The molecule has 0 atom stereocenters. The van der Waals surface area contributed by atoms with E-state index in [0.29, 0.717) is 26.4 Å². The van der Waals surface area contributed by atoms with Gasteiger partial charge in [-0.25, -0.2) is 0 Å². The van der Waals surface area contributed by atoms with Crippen molar-refractivity contribution in [3.8, 4) is 34.1 Å². The minimum absolute atomic E-state index is 0.475. The molecule has 0 saturated heterocycles. The summed E-state index contributed by atoms with van der Waals surface area (Å²) in [6.45, 7) is 62.7. The highest BCUT2D eigenvalue weighted by molar-refractivity contribution is 7.81. The first-order chi connectivity index (χ1) is 35.7. The molecule has 0 radical (unpaired) electrons. The Kier molecular flexibility index (Phi) is 17.0. The lowest BCUT2D eigenvalue weighted by Gasteiger charge is -2.34. The van der Waals surface area contributed by atoms with Crippen LogP contribution in [-0.2, 0) is 0 Å². The van der Waals surface area contributed by atoms with Crippen LogP contribution < -0.4 is 92.3 Å². The van der Waals surface area contributed by atoms with E-state index in [2.05, 4.69) is 254 Å². The van der Waals surface area contributed by atoms with Crippen LogP contribution in [0.4, 0.5) is 0 Å². The third-order valence-electron chi connectivity index (χ3n) is 15.7. The van der Waals surface area contributed by atoms with Crippen LogP contribution in [0.2, 0.25) is 157 Å². The summed E-state index contributed by atoms with van der Waals surface area (Å²) in [5.74, 6) is 3.28. The second-order valence-electron chi connectivity index (χ2n) is 30.7. The Labute approximate surface area is 483 Å². The van der Waals surface area contributed by atoms with Gasteiger partial charge in [0.25, 0.3) is 0 Å². The third-order valence-corrected chi connectivity index (χ3v) is 36.7. The standard InChI is InChI=1S/C64H96O4P2Si8/c1-71(2,3)49-33-45(34-50(41-49)72(4,5)6)69(46-35-51(73(7,8)9)42-52(36-46)74(10,11)12)59-27-25-57-63(67-31-29-65-57)61(59)62-60(28-26-58-64(62)68-32-30-66-58)70(47-37-53(75(13,14)15)43-54(38-47)76(16,17)18)48-39-55(77(19,20)21)44-56(40-48)78(22,23)24/h25-28,33-44H,29-32H2,1-24H3. The molecule has 14 heteroatoms. The summed E-state index contributed by atoms with van der Waals surface area (Å²) in [6, 6.07) is 41.1. The number of hydrogen-bond donors (Lipinski definition) is 0. The fourth-order valence-electron chi connectivity index (χ4n) is 10.3. The van der Waals surface area contributed by atoms with Gasteiger partial charge in [-0.05, 0) is 71.9 Å². The van der Waals surface area contributed by atoms with Gasteiger partial charge in [0.2, 0.25) is 0 Å². The maximum absolute atomic E-state index is 7.22. The van der Waals surface area contributed by atoms with Crippen molar-refractivity contribution in [2.45, 2.75) is 157 Å². The van der Waals surface area contributed by atoms with Crippen LogP contribution in [0, 0.1) is 0 Å². The minimum atomic E-state index is -1.82. The average molecular weight is 1220 g/mol. The molecule has 2 heterocycles. The molecule has 0 aromatic heterocycles. The summed E-state index contributed by atoms with van der Waals surface area (Å²) in [6.07, 6.45) is 0. The quantitative estimate of drug-likeness (QED) is 0.0759. The Morgan fingerprint density at radius 1 is 0.256 bits per heavy atom. The van der Waals surface area contributed by atoms with Crippen molar-refractivity contribution < 1.29 is 18.9 Å². The fourth-order valence-corrected chi connectivity index (χ4v) is 26.5. The van der Waals surface area contributed by atoms with Crippen molar-refractivity contribution in [3.63, 3.8) is 0 Å². The number of benzene rings is 6. The number of fused-ring (bicyclic) bond motifs is 2. The fraction of sp³-hybridized carbons (Fsp3) is 0.438. The maximum atomic E-state index is 7.22. The van der Waals surface area contributed by atoms with Crippen LogP contribution >= 0.6 is 15.8 Å². The molecule has 0 saturated carbocycles. The molecule has 2 aliphatic rings. The predicted octanol–water partition coefficient (Wildman–Crippen LogP) is 10.8. The van der Waals surface area contributed by atoms with Gasteiger partial charge in [0, 0.05) is 11.1 Å². The first-order valence-corrected chi connectivity index (χ1v) is 59.5. The normalized spacial score (nSPS) is 14.8. The first-order valence-electron chi connectivity index (χ1n) is 28.8. The van der Waals surface area contributed by atoms with Crippen LogP contribution in [0.15, 0.2) is 97.1 Å². The molecule has 0 amide bonds. The first kappa shape index (κ1) is 61.2. The Morgan fingerprint density at radius 3 is 0.641 bits per heavy atom. The van der Waals surface area contributed by atoms with Gasteiger partial charge in [0.05, 0.1) is 64.6 Å². The van der Waals surface area contributed by atoms with Crippen molar-refractivity contribution in [3.05, 3.63) is 97.1 Å². The van der Waals surface area contributed by atoms with E-state index >= 15 is 0 Å². The smallest absolute Gasteiger partial charge is 0.169 e. The van der Waals surface area contributed by atoms with Crippen molar-refractivity contribution in [1.82, 2.24) is 0 Å². The van der Waals surface area contributed by atoms with Crippen molar-refractivity contribution >= 4 is 154 Å². The minimum Gasteiger partial charge on any atom is -0.486 e. The average Bonchev–Trinajstić information content (AvgIpc) is 3.41. The third kappa shape index (κ3) is 13.3. The highest BCUT2D eigenvalue weighted by atomic mass is 31.1. The van der Waals surface area contributed by atoms with Gasteiger partial charge in [-0.15, -0.1) is 0 Å². The largest absolute Gasteiger partial charge is 0.486 e. The topological polar surface area (TPSA) is 36.9 Å². The molecule has 0 spiro atoms. The molecule has 0 aliphatic carbocycles. The number of ether oxygens (including phenoxy) is 4. The van der Waals surface area contributed by atoms with Gasteiger partial charge in [-0.1, -0.05) is 271 Å². The van der Waals surface area contributed by atoms with Crippen LogP contribution in [0.25, 0.3) is 11.1 Å². The molecular formula is C64H96O4P2Si8. The lowest BCUT2D eigenvalue weighted by Crippen LogP contribution is -2.49. The summed E-state index contributed by atoms with van der Waals surface area (Å²) in [4.78, 5) is 0. The van der Waals surface area contributed by atoms with Gasteiger partial charge in [-0.3, -0.25) is 0 Å². The predicted molar refractivity (Wildman–Crippen MR) is 375 cm³/mol. The van der Waals surface area contributed by atoms with Crippen LogP contribution in [0.1, 0.15) is 0 Å². The molecule has 6 aromatic rings. The van der Waals surface area contributed by atoms with Gasteiger partial charge in [-0.2, -0.15) is 0 Å². The Morgan fingerprint density at radius 2 is 0.449 bits per heavy atom. The molecule has 2 aliphatic heterocycles. The highest BCUT2D eigenvalue weighted by Gasteiger charge is 2.39. The molecule has 0 bridgehead atoms. The zero-order valence-electron chi connectivity index (χ0n) is 52.6. The molecule has 4 nitrogen and oxygen atoms in total. The highest BCUT2D eigenvalue weighted by Crippen LogP contribution is 2.53. The molecule has 0 N–H and O–H groups in total. The lowest BCUT2D eigenvalue weighted by molar-refractivity contribution is 0.170. The van der Waals surface area contributed by atoms with E-state index in [-0.39, 0.29) is 0 Å². The lowest BCUT2D eigenvalue weighted by atomic mass is 10.0. The number of rotatable bonds is 15. The van der Waals surface area contributed by atoms with Crippen LogP contribution in [-0.4, -0.2) is 91.0 Å². The van der Waals surface area contributed by atoms with E-state index in [0.717, 1.165) is 34.1 Å². The van der Waals surface area contributed by atoms with Gasteiger partial charge in [0.1, 0.15) is 26.4 Å². The van der Waals surface area contributed by atoms with E-state index in [4.69, 9.17) is 18.9 Å². The van der Waals surface area contributed by atoms with Gasteiger partial charge < -0.3 is 18.9 Å². The Hall–Kier alpha value is -2.88. The van der Waals surface area contributed by atoms with Crippen molar-refractivity contribution in [2.75, 3.05) is 26.4 Å². The molecule has 6 aromatic carbocycles. The Balaban J connectivity index is 1.63. The van der Waals surface area contributed by atoms with Crippen LogP contribution in [0.5, 0.6) is 23.0 Å². The summed E-state index contributed by atoms with van der Waals surface area (Å²) in [7, 11) is -17.0. The van der Waals surface area contributed by atoms with Crippen LogP contribution in [0.3, 0.4) is 0 Å². The summed E-state index contributed by atoms with van der Waals surface area (Å²) in [5, 5.41) is 20.6. The van der Waals surface area contributed by atoms with Crippen molar-refractivity contribution in [2.24, 2.45) is 0 Å². The van der Waals surface area contributed by atoms with E-state index in [1.165, 1.54) is 73.3 Å². The number of hydrogen-bond acceptors (Lipinski definition) is 4. The van der Waals surface area contributed by atoms with E-state index in [9.17, 15) is 0 Å². The Bertz CT molecular complexity index is 2750. The molecule has 0 unspecified atom stereocenters. The molecule has 418 valence electrons. The maximum Gasteiger partial charge on any atom is 0.169 e. The van der Waals surface area contributed by atoms with E-state index in [1.807, 2.05) is 0 Å². The van der Waals surface area contributed by atoms with Gasteiger partial charge in [0.15, 0.2) is 23.0 Å². The molecule has 0 fully saturated rings. The second-order valence-corrected chi connectivity index (χ2v) is 75.7. The molecular weight excluding hydrogens is 1120 g/mol. The second kappa shape index (κ2) is 21.7. The molecule has 8 rings (SSSR count). The van der Waals surface area contributed by atoms with Crippen molar-refractivity contribution in [1.29, 1.82) is 0 Å². The summed E-state index contributed by atoms with van der Waals surface area (Å²) >= 11 is 0. The zero-order valence-corrected chi connectivity index (χ0v) is 62.4. The summed E-state index contributed by atoms with van der Waals surface area (Å²) in [5.41, 5.74) is 2.23. The van der Waals surface area contributed by atoms with Gasteiger partial charge >= 0.3 is 0 Å².